The van der Waals surface area contributed by atoms with E-state index >= 15 is 0 Å². The van der Waals surface area contributed by atoms with Crippen molar-refractivity contribution in [1.82, 2.24) is 10.2 Å². The lowest BCUT2D eigenvalue weighted by atomic mass is 9.86. The van der Waals surface area contributed by atoms with E-state index in [1.165, 1.54) is 0 Å². The Morgan fingerprint density at radius 1 is 1.06 bits per heavy atom. The van der Waals surface area contributed by atoms with Crippen molar-refractivity contribution in [2.24, 2.45) is 0 Å². The summed E-state index contributed by atoms with van der Waals surface area (Å²) in [7, 11) is 0. The summed E-state index contributed by atoms with van der Waals surface area (Å²) in [6, 6.07) is 14.5. The summed E-state index contributed by atoms with van der Waals surface area (Å²) in [5, 5.41) is 3.55. The SMILES string of the molecule is CCCNC(=O)[C@H](CC)N(Cc1ccc(Cl)cc1)C(=O)COc1ccccc1C(C)(C)C. The van der Waals surface area contributed by atoms with Crippen molar-refractivity contribution in [2.45, 2.75) is 65.5 Å². The summed E-state index contributed by atoms with van der Waals surface area (Å²) in [5.41, 5.74) is 1.82. The number of amides is 2. The summed E-state index contributed by atoms with van der Waals surface area (Å²) in [5.74, 6) is 0.303. The molecule has 0 spiro atoms. The molecule has 1 N–H and O–H groups in total. The normalized spacial score (nSPS) is 12.2. The van der Waals surface area contributed by atoms with Crippen LogP contribution in [0.4, 0.5) is 0 Å². The number of ether oxygens (including phenoxy) is 1. The highest BCUT2D eigenvalue weighted by molar-refractivity contribution is 6.30. The lowest BCUT2D eigenvalue weighted by Crippen LogP contribution is -2.50. The summed E-state index contributed by atoms with van der Waals surface area (Å²) in [6.45, 7) is 11.0. The summed E-state index contributed by atoms with van der Waals surface area (Å²) < 4.78 is 5.97. The van der Waals surface area contributed by atoms with Gasteiger partial charge >= 0.3 is 0 Å². The predicted octanol–water partition coefficient (Wildman–Crippen LogP) is 5.35. The van der Waals surface area contributed by atoms with E-state index in [9.17, 15) is 9.59 Å². The van der Waals surface area contributed by atoms with Gasteiger partial charge in [-0.1, -0.05) is 76.6 Å². The summed E-state index contributed by atoms with van der Waals surface area (Å²) >= 11 is 6.01. The molecule has 32 heavy (non-hydrogen) atoms. The average molecular weight is 459 g/mol. The van der Waals surface area contributed by atoms with Gasteiger partial charge in [0.1, 0.15) is 11.8 Å². The maximum absolute atomic E-state index is 13.3. The van der Waals surface area contributed by atoms with Gasteiger partial charge in [-0.25, -0.2) is 0 Å². The first-order valence-electron chi connectivity index (χ1n) is 11.2. The standard InChI is InChI=1S/C26H35ClN2O3/c1-6-16-28-25(31)22(7-2)29(17-19-12-14-20(27)15-13-19)24(30)18-32-23-11-9-8-10-21(23)26(3,4)5/h8-15,22H,6-7,16-18H2,1-5H3,(H,28,31)/t22-/m0/s1. The Hall–Kier alpha value is -2.53. The van der Waals surface area contributed by atoms with Crippen molar-refractivity contribution in [3.05, 3.63) is 64.7 Å². The fraction of sp³-hybridized carbons (Fsp3) is 0.462. The van der Waals surface area contributed by atoms with Crippen molar-refractivity contribution in [1.29, 1.82) is 0 Å². The third-order valence-electron chi connectivity index (χ3n) is 5.25. The lowest BCUT2D eigenvalue weighted by Gasteiger charge is -2.31. The first-order chi connectivity index (χ1) is 15.2. The minimum absolute atomic E-state index is 0.116. The fourth-order valence-electron chi connectivity index (χ4n) is 3.51. The number of rotatable bonds is 10. The molecule has 0 aromatic heterocycles. The van der Waals surface area contributed by atoms with Crippen LogP contribution in [0.3, 0.4) is 0 Å². The van der Waals surface area contributed by atoms with E-state index in [4.69, 9.17) is 16.3 Å². The van der Waals surface area contributed by atoms with Gasteiger partial charge in [0, 0.05) is 18.1 Å². The average Bonchev–Trinajstić information content (AvgIpc) is 2.76. The number of benzene rings is 2. The van der Waals surface area contributed by atoms with Crippen LogP contribution in [0.2, 0.25) is 5.02 Å². The van der Waals surface area contributed by atoms with Gasteiger partial charge in [0.05, 0.1) is 0 Å². The van der Waals surface area contributed by atoms with Crippen LogP contribution >= 0.6 is 11.6 Å². The van der Waals surface area contributed by atoms with Gasteiger partial charge in [0.15, 0.2) is 6.61 Å². The number of carbonyl (C=O) groups excluding carboxylic acids is 2. The smallest absolute Gasteiger partial charge is 0.261 e. The minimum atomic E-state index is -0.578. The van der Waals surface area contributed by atoms with E-state index in [-0.39, 0.29) is 23.8 Å². The molecule has 6 heteroatoms. The van der Waals surface area contributed by atoms with Gasteiger partial charge in [0.2, 0.25) is 5.91 Å². The Bertz CT molecular complexity index is 891. The van der Waals surface area contributed by atoms with Crippen molar-refractivity contribution >= 4 is 23.4 Å². The zero-order valence-electron chi connectivity index (χ0n) is 19.8. The number of carbonyl (C=O) groups is 2. The zero-order chi connectivity index (χ0) is 23.7. The highest BCUT2D eigenvalue weighted by Gasteiger charge is 2.29. The molecule has 2 aromatic rings. The van der Waals surface area contributed by atoms with E-state index in [1.54, 1.807) is 17.0 Å². The van der Waals surface area contributed by atoms with Crippen molar-refractivity contribution < 1.29 is 14.3 Å². The number of nitrogens with one attached hydrogen (secondary N) is 1. The third kappa shape index (κ3) is 7.27. The van der Waals surface area contributed by atoms with Gasteiger partial charge in [-0.15, -0.1) is 0 Å². The number of para-hydroxylation sites is 1. The van der Waals surface area contributed by atoms with E-state index < -0.39 is 6.04 Å². The van der Waals surface area contributed by atoms with Crippen molar-refractivity contribution in [3.8, 4) is 5.75 Å². The maximum atomic E-state index is 13.3. The maximum Gasteiger partial charge on any atom is 0.261 e. The lowest BCUT2D eigenvalue weighted by molar-refractivity contribution is -0.143. The molecular formula is C26H35ClN2O3. The van der Waals surface area contributed by atoms with E-state index in [2.05, 4.69) is 26.1 Å². The van der Waals surface area contributed by atoms with Crippen LogP contribution in [0.15, 0.2) is 48.5 Å². The Morgan fingerprint density at radius 2 is 1.72 bits per heavy atom. The highest BCUT2D eigenvalue weighted by Crippen LogP contribution is 2.31. The predicted molar refractivity (Wildman–Crippen MR) is 130 cm³/mol. The molecule has 174 valence electrons. The Morgan fingerprint density at radius 3 is 2.31 bits per heavy atom. The molecule has 2 rings (SSSR count). The monoisotopic (exact) mass is 458 g/mol. The molecule has 5 nitrogen and oxygen atoms in total. The molecule has 0 heterocycles. The highest BCUT2D eigenvalue weighted by atomic mass is 35.5. The molecule has 2 amide bonds. The summed E-state index contributed by atoms with van der Waals surface area (Å²) in [4.78, 5) is 27.7. The Balaban J connectivity index is 2.25. The van der Waals surface area contributed by atoms with Crippen LogP contribution in [-0.2, 0) is 21.5 Å². The molecule has 0 bridgehead atoms. The molecule has 0 aliphatic heterocycles. The molecule has 0 unspecified atom stereocenters. The van der Waals surface area contributed by atoms with Crippen LogP contribution in [-0.4, -0.2) is 35.9 Å². The van der Waals surface area contributed by atoms with Crippen LogP contribution < -0.4 is 10.1 Å². The van der Waals surface area contributed by atoms with Gasteiger partial charge < -0.3 is 15.0 Å². The number of nitrogens with zero attached hydrogens (tertiary/aromatic N) is 1. The van der Waals surface area contributed by atoms with Gasteiger partial charge in [-0.05, 0) is 47.6 Å². The fourth-order valence-corrected chi connectivity index (χ4v) is 3.63. The second kappa shape index (κ2) is 11.9. The zero-order valence-corrected chi connectivity index (χ0v) is 20.5. The van der Waals surface area contributed by atoms with Crippen molar-refractivity contribution in [3.63, 3.8) is 0 Å². The molecule has 0 saturated heterocycles. The second-order valence-corrected chi connectivity index (χ2v) is 9.33. The van der Waals surface area contributed by atoms with Crippen LogP contribution in [0, 0.1) is 0 Å². The third-order valence-corrected chi connectivity index (χ3v) is 5.50. The van der Waals surface area contributed by atoms with Gasteiger partial charge in [0.25, 0.3) is 5.91 Å². The molecule has 0 radical (unpaired) electrons. The molecule has 1 atom stereocenters. The minimum Gasteiger partial charge on any atom is -0.483 e. The van der Waals surface area contributed by atoms with Crippen LogP contribution in [0.25, 0.3) is 0 Å². The quantitative estimate of drug-likeness (QED) is 0.522. The first-order valence-corrected chi connectivity index (χ1v) is 11.6. The second-order valence-electron chi connectivity index (χ2n) is 8.90. The molecule has 0 saturated carbocycles. The van der Waals surface area contributed by atoms with E-state index in [1.807, 2.05) is 50.2 Å². The molecule has 2 aromatic carbocycles. The van der Waals surface area contributed by atoms with E-state index in [0.717, 1.165) is 17.5 Å². The topological polar surface area (TPSA) is 58.6 Å². The molecule has 0 fully saturated rings. The Labute approximate surface area is 197 Å². The molecule has 0 aliphatic carbocycles. The van der Waals surface area contributed by atoms with E-state index in [0.29, 0.717) is 30.3 Å². The first kappa shape index (κ1) is 25.7. The van der Waals surface area contributed by atoms with Crippen LogP contribution in [0.5, 0.6) is 5.75 Å². The van der Waals surface area contributed by atoms with Crippen molar-refractivity contribution in [2.75, 3.05) is 13.2 Å². The number of hydrogen-bond acceptors (Lipinski definition) is 3. The number of halogens is 1. The Kier molecular flexibility index (Phi) is 9.58. The molecular weight excluding hydrogens is 424 g/mol. The van der Waals surface area contributed by atoms with Gasteiger partial charge in [-0.2, -0.15) is 0 Å². The number of hydrogen-bond donors (Lipinski definition) is 1. The largest absolute Gasteiger partial charge is 0.483 e. The summed E-state index contributed by atoms with van der Waals surface area (Å²) in [6.07, 6.45) is 1.34. The molecule has 0 aliphatic rings. The van der Waals surface area contributed by atoms with Gasteiger partial charge in [-0.3, -0.25) is 9.59 Å². The van der Waals surface area contributed by atoms with Crippen LogP contribution in [0.1, 0.15) is 58.6 Å².